The fraction of sp³-hybridized carbons (Fsp3) is 0.944. The summed E-state index contributed by atoms with van der Waals surface area (Å²) in [5.41, 5.74) is 5.94. The van der Waals surface area contributed by atoms with Crippen molar-refractivity contribution in [3.05, 3.63) is 0 Å². The first-order chi connectivity index (χ1) is 10.2. The second kappa shape index (κ2) is 7.13. The van der Waals surface area contributed by atoms with Crippen molar-refractivity contribution in [2.24, 2.45) is 29.4 Å². The van der Waals surface area contributed by atoms with Gasteiger partial charge in [0.1, 0.15) is 0 Å². The van der Waals surface area contributed by atoms with E-state index in [1.807, 2.05) is 0 Å². The normalized spacial score (nSPS) is 40.3. The van der Waals surface area contributed by atoms with Crippen molar-refractivity contribution < 1.29 is 4.79 Å². The first kappa shape index (κ1) is 15.3. The van der Waals surface area contributed by atoms with E-state index in [2.05, 4.69) is 5.32 Å². The largest absolute Gasteiger partial charge is 0.356 e. The Kier molecular flexibility index (Phi) is 5.20. The molecule has 3 N–H and O–H groups in total. The summed E-state index contributed by atoms with van der Waals surface area (Å²) in [4.78, 5) is 12.4. The van der Waals surface area contributed by atoms with Crippen molar-refractivity contribution in [3.8, 4) is 0 Å². The Bertz CT molecular complexity index is 349. The number of nitrogens with two attached hydrogens (primary N) is 1. The third-order valence-electron chi connectivity index (χ3n) is 6.37. The average molecular weight is 292 g/mol. The first-order valence-electron chi connectivity index (χ1n) is 9.25. The minimum Gasteiger partial charge on any atom is -0.356 e. The number of hydrogen-bond acceptors (Lipinski definition) is 2. The van der Waals surface area contributed by atoms with Crippen LogP contribution in [0.25, 0.3) is 0 Å². The van der Waals surface area contributed by atoms with Gasteiger partial charge in [0.25, 0.3) is 0 Å². The molecule has 3 rings (SSSR count). The highest BCUT2D eigenvalue weighted by molar-refractivity contribution is 5.78. The number of amides is 1. The molecule has 0 heterocycles. The van der Waals surface area contributed by atoms with E-state index in [0.717, 1.165) is 44.1 Å². The van der Waals surface area contributed by atoms with Gasteiger partial charge in [0.15, 0.2) is 0 Å². The van der Waals surface area contributed by atoms with Crippen molar-refractivity contribution in [1.29, 1.82) is 0 Å². The average Bonchev–Trinajstić information content (AvgIpc) is 2.53. The zero-order valence-corrected chi connectivity index (χ0v) is 13.4. The summed E-state index contributed by atoms with van der Waals surface area (Å²) in [6.07, 6.45) is 13.8. The van der Waals surface area contributed by atoms with Gasteiger partial charge in [-0.05, 0) is 62.7 Å². The molecule has 0 aromatic rings. The topological polar surface area (TPSA) is 55.1 Å². The van der Waals surface area contributed by atoms with Crippen LogP contribution in [0.1, 0.15) is 70.6 Å². The van der Waals surface area contributed by atoms with E-state index in [1.165, 1.54) is 44.9 Å². The zero-order valence-electron chi connectivity index (χ0n) is 13.4. The van der Waals surface area contributed by atoms with Gasteiger partial charge in [-0.3, -0.25) is 4.79 Å². The molecule has 0 aromatic heterocycles. The predicted octanol–water partition coefficient (Wildman–Crippen LogP) is 3.23. The van der Waals surface area contributed by atoms with Gasteiger partial charge in [-0.1, -0.05) is 25.7 Å². The van der Waals surface area contributed by atoms with E-state index >= 15 is 0 Å². The molecule has 3 aliphatic rings. The standard InChI is InChI=1S/C18H32N2O/c19-17-9-5-13(6-10-17)12-20-18(21)16-8-7-14-3-1-2-4-15(14)11-16/h13-17H,1-12,19H2,(H,20,21). The lowest BCUT2D eigenvalue weighted by molar-refractivity contribution is -0.127. The molecule has 0 aromatic carbocycles. The number of carbonyl (C=O) groups excluding carboxylic acids is 1. The maximum atomic E-state index is 12.4. The molecular formula is C18H32N2O. The smallest absolute Gasteiger partial charge is 0.223 e. The molecule has 3 saturated carbocycles. The van der Waals surface area contributed by atoms with E-state index < -0.39 is 0 Å². The highest BCUT2D eigenvalue weighted by atomic mass is 16.1. The molecule has 0 radical (unpaired) electrons. The van der Waals surface area contributed by atoms with E-state index in [4.69, 9.17) is 5.73 Å². The van der Waals surface area contributed by atoms with Crippen molar-refractivity contribution in [1.82, 2.24) is 5.32 Å². The summed E-state index contributed by atoms with van der Waals surface area (Å²) >= 11 is 0. The molecule has 3 aliphatic carbocycles. The fourth-order valence-electron chi connectivity index (χ4n) is 4.89. The monoisotopic (exact) mass is 292 g/mol. The number of fused-ring (bicyclic) bond motifs is 1. The molecule has 21 heavy (non-hydrogen) atoms. The Morgan fingerprint density at radius 3 is 2.38 bits per heavy atom. The van der Waals surface area contributed by atoms with Crippen LogP contribution < -0.4 is 11.1 Å². The predicted molar refractivity (Wildman–Crippen MR) is 85.7 cm³/mol. The Morgan fingerprint density at radius 1 is 0.905 bits per heavy atom. The summed E-state index contributed by atoms with van der Waals surface area (Å²) in [5.74, 6) is 3.09. The molecule has 0 bridgehead atoms. The Morgan fingerprint density at radius 2 is 1.62 bits per heavy atom. The minimum absolute atomic E-state index is 0.301. The summed E-state index contributed by atoms with van der Waals surface area (Å²) in [7, 11) is 0. The third-order valence-corrected chi connectivity index (χ3v) is 6.37. The van der Waals surface area contributed by atoms with Crippen LogP contribution in [0.4, 0.5) is 0 Å². The van der Waals surface area contributed by atoms with Gasteiger partial charge >= 0.3 is 0 Å². The van der Waals surface area contributed by atoms with Gasteiger partial charge in [0, 0.05) is 18.5 Å². The van der Waals surface area contributed by atoms with Gasteiger partial charge in [0.2, 0.25) is 5.91 Å². The fourth-order valence-corrected chi connectivity index (χ4v) is 4.89. The van der Waals surface area contributed by atoms with E-state index in [0.29, 0.717) is 23.8 Å². The van der Waals surface area contributed by atoms with Crippen LogP contribution in [-0.2, 0) is 4.79 Å². The molecular weight excluding hydrogens is 260 g/mol. The molecule has 0 spiro atoms. The van der Waals surface area contributed by atoms with Crippen molar-refractivity contribution in [2.45, 2.75) is 76.7 Å². The van der Waals surface area contributed by atoms with Crippen LogP contribution in [0.5, 0.6) is 0 Å². The quantitative estimate of drug-likeness (QED) is 0.839. The molecule has 3 atom stereocenters. The lowest BCUT2D eigenvalue weighted by Crippen LogP contribution is -2.40. The minimum atomic E-state index is 0.301. The van der Waals surface area contributed by atoms with Crippen LogP contribution >= 0.6 is 0 Å². The van der Waals surface area contributed by atoms with Gasteiger partial charge in [-0.25, -0.2) is 0 Å². The number of hydrogen-bond donors (Lipinski definition) is 2. The SMILES string of the molecule is NC1CCC(CNC(=O)C2CCC3CCCCC3C2)CC1. The molecule has 3 unspecified atom stereocenters. The van der Waals surface area contributed by atoms with Gasteiger partial charge in [-0.2, -0.15) is 0 Å². The maximum Gasteiger partial charge on any atom is 0.223 e. The van der Waals surface area contributed by atoms with Crippen LogP contribution in [0.3, 0.4) is 0 Å². The number of carbonyl (C=O) groups is 1. The first-order valence-corrected chi connectivity index (χ1v) is 9.25. The summed E-state index contributed by atoms with van der Waals surface area (Å²) < 4.78 is 0. The molecule has 0 saturated heterocycles. The van der Waals surface area contributed by atoms with Crippen molar-refractivity contribution in [3.63, 3.8) is 0 Å². The molecule has 1 amide bonds. The van der Waals surface area contributed by atoms with E-state index in [-0.39, 0.29) is 0 Å². The van der Waals surface area contributed by atoms with Crippen molar-refractivity contribution in [2.75, 3.05) is 6.54 Å². The Balaban J connectivity index is 1.41. The molecule has 0 aliphatic heterocycles. The lowest BCUT2D eigenvalue weighted by Gasteiger charge is -2.39. The number of nitrogens with one attached hydrogen (secondary N) is 1. The maximum absolute atomic E-state index is 12.4. The highest BCUT2D eigenvalue weighted by Gasteiger charge is 2.35. The van der Waals surface area contributed by atoms with Gasteiger partial charge < -0.3 is 11.1 Å². The highest BCUT2D eigenvalue weighted by Crippen LogP contribution is 2.42. The molecule has 3 fully saturated rings. The third kappa shape index (κ3) is 4.00. The Hall–Kier alpha value is -0.570. The molecule has 3 nitrogen and oxygen atoms in total. The number of rotatable bonds is 3. The van der Waals surface area contributed by atoms with Crippen LogP contribution in [-0.4, -0.2) is 18.5 Å². The van der Waals surface area contributed by atoms with Crippen molar-refractivity contribution >= 4 is 5.91 Å². The van der Waals surface area contributed by atoms with Crippen LogP contribution in [0.15, 0.2) is 0 Å². The van der Waals surface area contributed by atoms with Crippen LogP contribution in [0, 0.1) is 23.7 Å². The second-order valence-corrected chi connectivity index (χ2v) is 7.84. The zero-order chi connectivity index (χ0) is 14.7. The summed E-state index contributed by atoms with van der Waals surface area (Å²) in [5, 5.41) is 3.25. The van der Waals surface area contributed by atoms with E-state index in [1.54, 1.807) is 0 Å². The lowest BCUT2D eigenvalue weighted by atomic mass is 9.67. The summed E-state index contributed by atoms with van der Waals surface area (Å²) in [6, 6.07) is 0.401. The Labute approximate surface area is 129 Å². The van der Waals surface area contributed by atoms with Gasteiger partial charge in [-0.15, -0.1) is 0 Å². The second-order valence-electron chi connectivity index (χ2n) is 7.84. The summed E-state index contributed by atoms with van der Waals surface area (Å²) in [6.45, 7) is 0.885. The van der Waals surface area contributed by atoms with Gasteiger partial charge in [0.05, 0.1) is 0 Å². The van der Waals surface area contributed by atoms with E-state index in [9.17, 15) is 4.79 Å². The molecule has 120 valence electrons. The molecule has 3 heteroatoms. The van der Waals surface area contributed by atoms with Crippen LogP contribution in [0.2, 0.25) is 0 Å².